The Hall–Kier alpha value is -0.570. The highest BCUT2D eigenvalue weighted by molar-refractivity contribution is 9.10. The first-order valence-corrected chi connectivity index (χ1v) is 7.78. The number of hydrogen-bond donors (Lipinski definition) is 0. The summed E-state index contributed by atoms with van der Waals surface area (Å²) in [7, 11) is 0. The van der Waals surface area contributed by atoms with E-state index in [-0.39, 0.29) is 0 Å². The van der Waals surface area contributed by atoms with E-state index in [0.717, 1.165) is 22.9 Å². The van der Waals surface area contributed by atoms with Gasteiger partial charge in [0.25, 0.3) is 0 Å². The Morgan fingerprint density at radius 3 is 2.74 bits per heavy atom. The van der Waals surface area contributed by atoms with Gasteiger partial charge in [0.1, 0.15) is 0 Å². The van der Waals surface area contributed by atoms with Gasteiger partial charge in [-0.05, 0) is 48.1 Å². The monoisotopic (exact) mass is 357 g/mol. The lowest BCUT2D eigenvalue weighted by molar-refractivity contribution is 0.583. The largest absolute Gasteiger partial charge is 0.263 e. The number of benzene rings is 1. The number of rotatable bonds is 5. The second kappa shape index (κ2) is 7.28. The van der Waals surface area contributed by atoms with Crippen LogP contribution in [0.2, 0.25) is 5.02 Å². The number of nitrogens with zero attached hydrogens (tertiary/aromatic N) is 1. The summed E-state index contributed by atoms with van der Waals surface area (Å²) in [4.78, 5) is 4.00. The van der Waals surface area contributed by atoms with Crippen LogP contribution < -0.4 is 0 Å². The van der Waals surface area contributed by atoms with Gasteiger partial charge in [-0.15, -0.1) is 11.6 Å². The van der Waals surface area contributed by atoms with Crippen molar-refractivity contribution >= 4 is 39.1 Å². The normalized spacial score (nSPS) is 12.4. The van der Waals surface area contributed by atoms with Gasteiger partial charge in [-0.25, -0.2) is 0 Å². The first-order valence-electron chi connectivity index (χ1n) is 6.08. The predicted octanol–water partition coefficient (Wildman–Crippen LogP) is 5.14. The van der Waals surface area contributed by atoms with Gasteiger partial charge in [0.05, 0.1) is 5.02 Å². The maximum absolute atomic E-state index is 6.14. The quantitative estimate of drug-likeness (QED) is 0.674. The van der Waals surface area contributed by atoms with Crippen LogP contribution in [0.1, 0.15) is 11.1 Å². The molecule has 2 aromatic rings. The van der Waals surface area contributed by atoms with Crippen LogP contribution in [0, 0.1) is 5.92 Å². The maximum atomic E-state index is 6.14. The van der Waals surface area contributed by atoms with E-state index in [9.17, 15) is 0 Å². The van der Waals surface area contributed by atoms with Crippen molar-refractivity contribution in [3.8, 4) is 0 Å². The Labute approximate surface area is 132 Å². The van der Waals surface area contributed by atoms with Gasteiger partial charge in [0, 0.05) is 22.7 Å². The van der Waals surface area contributed by atoms with Crippen molar-refractivity contribution in [2.24, 2.45) is 5.92 Å². The maximum Gasteiger partial charge on any atom is 0.0621 e. The lowest BCUT2D eigenvalue weighted by atomic mass is 9.94. The summed E-state index contributed by atoms with van der Waals surface area (Å²) >= 11 is 15.7. The van der Waals surface area contributed by atoms with E-state index >= 15 is 0 Å². The van der Waals surface area contributed by atoms with Crippen molar-refractivity contribution in [1.82, 2.24) is 4.98 Å². The molecule has 100 valence electrons. The Kier molecular flexibility index (Phi) is 5.68. The molecule has 0 amide bonds. The summed E-state index contributed by atoms with van der Waals surface area (Å²) < 4.78 is 1.10. The van der Waals surface area contributed by atoms with Crippen LogP contribution in [0.4, 0.5) is 0 Å². The molecular weight excluding hydrogens is 345 g/mol. The highest BCUT2D eigenvalue weighted by Crippen LogP contribution is 2.22. The molecule has 0 aliphatic carbocycles. The standard InChI is InChI=1S/C15H14BrCl2N/c16-14-3-1-2-11(8-14)6-12(9-17)7-13-4-5-19-10-15(13)18/h1-5,8,10,12H,6-7,9H2. The minimum Gasteiger partial charge on any atom is -0.263 e. The number of pyridine rings is 1. The zero-order valence-corrected chi connectivity index (χ0v) is 13.4. The van der Waals surface area contributed by atoms with E-state index in [4.69, 9.17) is 23.2 Å². The zero-order chi connectivity index (χ0) is 13.7. The highest BCUT2D eigenvalue weighted by atomic mass is 79.9. The molecule has 1 aromatic carbocycles. The van der Waals surface area contributed by atoms with Crippen molar-refractivity contribution in [2.75, 3.05) is 5.88 Å². The topological polar surface area (TPSA) is 12.9 Å². The molecule has 0 saturated heterocycles. The molecule has 0 aliphatic rings. The summed E-state index contributed by atoms with van der Waals surface area (Å²) in [6.07, 6.45) is 5.27. The molecule has 19 heavy (non-hydrogen) atoms. The molecule has 0 spiro atoms. The van der Waals surface area contributed by atoms with E-state index in [1.807, 2.05) is 18.2 Å². The van der Waals surface area contributed by atoms with E-state index in [1.165, 1.54) is 5.56 Å². The van der Waals surface area contributed by atoms with Gasteiger partial charge in [-0.3, -0.25) is 4.98 Å². The highest BCUT2D eigenvalue weighted by Gasteiger charge is 2.12. The lowest BCUT2D eigenvalue weighted by Gasteiger charge is -2.15. The lowest BCUT2D eigenvalue weighted by Crippen LogP contribution is -2.10. The van der Waals surface area contributed by atoms with Gasteiger partial charge < -0.3 is 0 Å². The molecule has 0 saturated carbocycles. The van der Waals surface area contributed by atoms with Crippen molar-refractivity contribution in [2.45, 2.75) is 12.8 Å². The molecule has 0 fully saturated rings. The van der Waals surface area contributed by atoms with Crippen LogP contribution in [-0.4, -0.2) is 10.9 Å². The third-order valence-electron chi connectivity index (χ3n) is 3.00. The molecule has 1 heterocycles. The van der Waals surface area contributed by atoms with Crippen molar-refractivity contribution in [1.29, 1.82) is 0 Å². The Bertz CT molecular complexity index is 545. The van der Waals surface area contributed by atoms with Gasteiger partial charge in [0.15, 0.2) is 0 Å². The fourth-order valence-electron chi connectivity index (χ4n) is 2.06. The van der Waals surface area contributed by atoms with Crippen LogP contribution in [0.15, 0.2) is 47.2 Å². The molecule has 0 bridgehead atoms. The predicted molar refractivity (Wildman–Crippen MR) is 85.0 cm³/mol. The summed E-state index contributed by atoms with van der Waals surface area (Å²) in [5.74, 6) is 0.987. The Morgan fingerprint density at radius 1 is 1.21 bits per heavy atom. The minimum atomic E-state index is 0.371. The van der Waals surface area contributed by atoms with E-state index < -0.39 is 0 Å². The fourth-order valence-corrected chi connectivity index (χ4v) is 2.92. The molecule has 0 N–H and O–H groups in total. The van der Waals surface area contributed by atoms with E-state index in [2.05, 4.69) is 33.0 Å². The SMILES string of the molecule is ClCC(Cc1cccc(Br)c1)Cc1ccncc1Cl. The Balaban J connectivity index is 2.07. The average Bonchev–Trinajstić information content (AvgIpc) is 2.40. The minimum absolute atomic E-state index is 0.371. The summed E-state index contributed by atoms with van der Waals surface area (Å²) in [5.41, 5.74) is 2.39. The second-order valence-corrected chi connectivity index (χ2v) is 6.16. The van der Waals surface area contributed by atoms with Gasteiger partial charge in [-0.1, -0.05) is 39.7 Å². The van der Waals surface area contributed by atoms with Crippen LogP contribution in [0.3, 0.4) is 0 Å². The van der Waals surface area contributed by atoms with Gasteiger partial charge in [-0.2, -0.15) is 0 Å². The third kappa shape index (κ3) is 4.48. The first-order chi connectivity index (χ1) is 9.19. The molecular formula is C15H14BrCl2N. The molecule has 4 heteroatoms. The van der Waals surface area contributed by atoms with Gasteiger partial charge in [0.2, 0.25) is 0 Å². The number of halogens is 3. The summed E-state index contributed by atoms with van der Waals surface area (Å²) in [5, 5.41) is 0.715. The molecule has 1 aromatic heterocycles. The number of aromatic nitrogens is 1. The van der Waals surface area contributed by atoms with E-state index in [1.54, 1.807) is 12.4 Å². The average molecular weight is 359 g/mol. The van der Waals surface area contributed by atoms with Crippen LogP contribution >= 0.6 is 39.1 Å². The molecule has 0 aliphatic heterocycles. The second-order valence-electron chi connectivity index (χ2n) is 4.53. The smallest absolute Gasteiger partial charge is 0.0621 e. The molecule has 0 radical (unpaired) electrons. The summed E-state index contributed by atoms with van der Waals surface area (Å²) in [6.45, 7) is 0. The number of alkyl halides is 1. The molecule has 2 rings (SSSR count). The third-order valence-corrected chi connectivity index (χ3v) is 4.27. The molecule has 1 nitrogen and oxygen atoms in total. The summed E-state index contributed by atoms with van der Waals surface area (Å²) in [6, 6.07) is 10.3. The van der Waals surface area contributed by atoms with Crippen molar-refractivity contribution in [3.63, 3.8) is 0 Å². The van der Waals surface area contributed by atoms with Crippen LogP contribution in [0.25, 0.3) is 0 Å². The van der Waals surface area contributed by atoms with Crippen molar-refractivity contribution in [3.05, 3.63) is 63.3 Å². The Morgan fingerprint density at radius 2 is 2.05 bits per heavy atom. The van der Waals surface area contributed by atoms with Crippen LogP contribution in [0.5, 0.6) is 0 Å². The first kappa shape index (κ1) is 14.8. The zero-order valence-electron chi connectivity index (χ0n) is 10.3. The fraction of sp³-hybridized carbons (Fsp3) is 0.267. The molecule has 1 atom stereocenters. The molecule has 1 unspecified atom stereocenters. The van der Waals surface area contributed by atoms with Crippen LogP contribution in [-0.2, 0) is 12.8 Å². The van der Waals surface area contributed by atoms with E-state index in [0.29, 0.717) is 16.8 Å². The van der Waals surface area contributed by atoms with Crippen molar-refractivity contribution < 1.29 is 0 Å². The number of hydrogen-bond acceptors (Lipinski definition) is 1. The van der Waals surface area contributed by atoms with Gasteiger partial charge >= 0.3 is 0 Å².